The molecule has 0 aromatic heterocycles. The molecule has 0 heterocycles. The van der Waals surface area contributed by atoms with E-state index in [0.29, 0.717) is 11.8 Å². The van der Waals surface area contributed by atoms with Gasteiger partial charge in [0.1, 0.15) is 0 Å². The average Bonchev–Trinajstić information content (AvgIpc) is 2.45. The van der Waals surface area contributed by atoms with Crippen molar-refractivity contribution in [1.29, 1.82) is 0 Å². The first-order chi connectivity index (χ1) is 10.7. The zero-order valence-corrected chi connectivity index (χ0v) is 14.9. The molecule has 2 aliphatic rings. The number of carbonyl (C=O) groups is 1. The van der Waals surface area contributed by atoms with Crippen LogP contribution in [0.5, 0.6) is 0 Å². The first kappa shape index (κ1) is 18.3. The number of carboxylic acid groups (broad SMARTS) is 1. The third-order valence-corrected chi connectivity index (χ3v) is 6.70. The lowest BCUT2D eigenvalue weighted by Gasteiger charge is -2.58. The quantitative estimate of drug-likeness (QED) is 0.576. The van der Waals surface area contributed by atoms with Gasteiger partial charge in [0.25, 0.3) is 0 Å². The smallest absolute Gasteiger partial charge is 0.328 e. The van der Waals surface area contributed by atoms with Crippen LogP contribution >= 0.6 is 0 Å². The Bertz CT molecular complexity index is 507. The molecule has 2 saturated carbocycles. The van der Waals surface area contributed by atoms with Gasteiger partial charge in [-0.25, -0.2) is 4.79 Å². The number of aliphatic carboxylic acids is 1. The predicted molar refractivity (Wildman–Crippen MR) is 93.1 cm³/mol. The van der Waals surface area contributed by atoms with E-state index in [2.05, 4.69) is 20.4 Å². The van der Waals surface area contributed by atoms with Crippen LogP contribution in [0.15, 0.2) is 23.8 Å². The molecule has 0 aromatic rings. The summed E-state index contributed by atoms with van der Waals surface area (Å²) < 4.78 is 0. The summed E-state index contributed by atoms with van der Waals surface area (Å²) in [7, 11) is 0. The van der Waals surface area contributed by atoms with E-state index in [0.717, 1.165) is 44.1 Å². The van der Waals surface area contributed by atoms with E-state index in [-0.39, 0.29) is 17.4 Å². The molecule has 4 atom stereocenters. The Hall–Kier alpha value is -1.09. The molecule has 2 N–H and O–H groups in total. The molecular formula is C20H32O3. The van der Waals surface area contributed by atoms with Gasteiger partial charge in [0.15, 0.2) is 0 Å². The molecule has 23 heavy (non-hydrogen) atoms. The lowest BCUT2D eigenvalue weighted by Crippen LogP contribution is -2.51. The molecule has 0 spiro atoms. The van der Waals surface area contributed by atoms with Gasteiger partial charge in [0.2, 0.25) is 0 Å². The van der Waals surface area contributed by atoms with E-state index < -0.39 is 5.97 Å². The minimum absolute atomic E-state index is 0.0257. The van der Waals surface area contributed by atoms with E-state index in [4.69, 9.17) is 5.11 Å². The maximum atomic E-state index is 10.8. The molecule has 0 aromatic carbocycles. The summed E-state index contributed by atoms with van der Waals surface area (Å²) in [6, 6.07) is 0. The van der Waals surface area contributed by atoms with Crippen molar-refractivity contribution < 1.29 is 15.0 Å². The Kier molecular flexibility index (Phi) is 5.40. The summed E-state index contributed by atoms with van der Waals surface area (Å²) in [5.41, 5.74) is 2.47. The summed E-state index contributed by atoms with van der Waals surface area (Å²) in [4.78, 5) is 10.8. The normalized spacial score (nSPS) is 38.3. The highest BCUT2D eigenvalue weighted by Gasteiger charge is 2.53. The number of allylic oxidation sites excluding steroid dienone is 2. The molecule has 3 nitrogen and oxygen atoms in total. The van der Waals surface area contributed by atoms with Gasteiger partial charge >= 0.3 is 5.97 Å². The van der Waals surface area contributed by atoms with Crippen molar-refractivity contribution in [2.45, 2.75) is 65.7 Å². The molecule has 0 amide bonds. The third-order valence-electron chi connectivity index (χ3n) is 6.70. The average molecular weight is 320 g/mol. The second kappa shape index (κ2) is 6.80. The highest BCUT2D eigenvalue weighted by atomic mass is 16.4. The second-order valence-electron chi connectivity index (χ2n) is 8.34. The fourth-order valence-electron chi connectivity index (χ4n) is 5.46. The molecule has 2 rings (SSSR count). The summed E-state index contributed by atoms with van der Waals surface area (Å²) in [6.07, 6.45) is 8.76. The van der Waals surface area contributed by atoms with Crippen LogP contribution < -0.4 is 0 Å². The van der Waals surface area contributed by atoms with E-state index in [1.54, 1.807) is 0 Å². The van der Waals surface area contributed by atoms with Crippen LogP contribution in [0.25, 0.3) is 0 Å². The molecule has 2 aliphatic carbocycles. The standard InChI is InChI=1S/C20H32O3/c1-14(12-18(22)23)6-8-16-15(2)7-9-17-19(3,13-21)10-5-11-20(16,17)4/h12,16-17,21H,2,5-11,13H2,1,3-4H3,(H,22,23)/b14-12+. The largest absolute Gasteiger partial charge is 0.478 e. The number of aliphatic hydroxyl groups excluding tert-OH is 1. The SMILES string of the molecule is C=C1CCC2C(C)(CO)CCCC2(C)C1CC/C(C)=C/C(=O)O. The van der Waals surface area contributed by atoms with Gasteiger partial charge in [-0.3, -0.25) is 0 Å². The van der Waals surface area contributed by atoms with Crippen molar-refractivity contribution in [3.05, 3.63) is 23.8 Å². The third kappa shape index (κ3) is 3.55. The summed E-state index contributed by atoms with van der Waals surface area (Å²) in [5, 5.41) is 18.9. The minimum Gasteiger partial charge on any atom is -0.478 e. The minimum atomic E-state index is -0.861. The lowest BCUT2D eigenvalue weighted by atomic mass is 9.47. The van der Waals surface area contributed by atoms with E-state index >= 15 is 0 Å². The van der Waals surface area contributed by atoms with Crippen LogP contribution in [0.3, 0.4) is 0 Å². The van der Waals surface area contributed by atoms with Gasteiger partial charge in [-0.1, -0.05) is 38.0 Å². The monoisotopic (exact) mass is 320 g/mol. The van der Waals surface area contributed by atoms with Crippen molar-refractivity contribution in [3.63, 3.8) is 0 Å². The highest BCUT2D eigenvalue weighted by Crippen LogP contribution is 2.61. The van der Waals surface area contributed by atoms with Gasteiger partial charge in [-0.15, -0.1) is 0 Å². The van der Waals surface area contributed by atoms with E-state index in [1.165, 1.54) is 18.1 Å². The van der Waals surface area contributed by atoms with E-state index in [9.17, 15) is 9.90 Å². The first-order valence-electron chi connectivity index (χ1n) is 8.91. The highest BCUT2D eigenvalue weighted by molar-refractivity contribution is 5.80. The number of aliphatic hydroxyl groups is 1. The van der Waals surface area contributed by atoms with Crippen LogP contribution in [0, 0.1) is 22.7 Å². The topological polar surface area (TPSA) is 57.5 Å². The fourth-order valence-corrected chi connectivity index (χ4v) is 5.46. The van der Waals surface area contributed by atoms with Gasteiger partial charge in [0.05, 0.1) is 0 Å². The van der Waals surface area contributed by atoms with Crippen molar-refractivity contribution in [3.8, 4) is 0 Å². The molecule has 0 radical (unpaired) electrons. The molecule has 2 fully saturated rings. The van der Waals surface area contributed by atoms with Crippen molar-refractivity contribution >= 4 is 5.97 Å². The summed E-state index contributed by atoms with van der Waals surface area (Å²) >= 11 is 0. The Morgan fingerprint density at radius 1 is 1.39 bits per heavy atom. The number of hydrogen-bond donors (Lipinski definition) is 2. The molecular weight excluding hydrogens is 288 g/mol. The Morgan fingerprint density at radius 3 is 2.70 bits per heavy atom. The Morgan fingerprint density at radius 2 is 2.09 bits per heavy atom. The van der Waals surface area contributed by atoms with Crippen molar-refractivity contribution in [2.24, 2.45) is 22.7 Å². The molecule has 0 aliphatic heterocycles. The van der Waals surface area contributed by atoms with Crippen LogP contribution in [0.2, 0.25) is 0 Å². The number of carboxylic acids is 1. The predicted octanol–water partition coefficient (Wildman–Crippen LogP) is 4.57. The first-order valence-corrected chi connectivity index (χ1v) is 8.91. The molecule has 130 valence electrons. The summed E-state index contributed by atoms with van der Waals surface area (Å²) in [5.74, 6) is 0.108. The van der Waals surface area contributed by atoms with E-state index in [1.807, 2.05) is 6.92 Å². The van der Waals surface area contributed by atoms with Gasteiger partial charge < -0.3 is 10.2 Å². The maximum absolute atomic E-state index is 10.8. The zero-order valence-electron chi connectivity index (χ0n) is 14.9. The van der Waals surface area contributed by atoms with Gasteiger partial charge in [-0.2, -0.15) is 0 Å². The Labute approximate surface area is 140 Å². The van der Waals surface area contributed by atoms with Crippen molar-refractivity contribution in [1.82, 2.24) is 0 Å². The van der Waals surface area contributed by atoms with Crippen LogP contribution in [-0.2, 0) is 4.79 Å². The zero-order chi connectivity index (χ0) is 17.3. The van der Waals surface area contributed by atoms with Crippen LogP contribution in [-0.4, -0.2) is 22.8 Å². The molecule has 4 unspecified atom stereocenters. The number of hydrogen-bond acceptors (Lipinski definition) is 2. The maximum Gasteiger partial charge on any atom is 0.328 e. The summed E-state index contributed by atoms with van der Waals surface area (Å²) in [6.45, 7) is 11.1. The van der Waals surface area contributed by atoms with Crippen LogP contribution in [0.4, 0.5) is 0 Å². The van der Waals surface area contributed by atoms with Gasteiger partial charge in [-0.05, 0) is 68.1 Å². The molecule has 0 saturated heterocycles. The number of fused-ring (bicyclic) bond motifs is 1. The number of rotatable bonds is 5. The van der Waals surface area contributed by atoms with Crippen LogP contribution in [0.1, 0.15) is 65.7 Å². The van der Waals surface area contributed by atoms with Crippen molar-refractivity contribution in [2.75, 3.05) is 6.61 Å². The second-order valence-corrected chi connectivity index (χ2v) is 8.34. The lowest BCUT2D eigenvalue weighted by molar-refractivity contribution is -0.131. The Balaban J connectivity index is 2.20. The fraction of sp³-hybridized carbons (Fsp3) is 0.750. The molecule has 0 bridgehead atoms. The molecule has 3 heteroatoms. The van der Waals surface area contributed by atoms with Gasteiger partial charge in [0, 0.05) is 12.7 Å².